The number of nitrogens with two attached hydrogens (primary N) is 2. The van der Waals surface area contributed by atoms with E-state index in [1.54, 1.807) is 0 Å². The van der Waals surface area contributed by atoms with Crippen LogP contribution in [-0.4, -0.2) is 29.4 Å². The minimum atomic E-state index is -0.333. The van der Waals surface area contributed by atoms with Gasteiger partial charge in [-0.25, -0.2) is 0 Å². The molecule has 0 aromatic heterocycles. The lowest BCUT2D eigenvalue weighted by atomic mass is 10.5. The van der Waals surface area contributed by atoms with Crippen molar-refractivity contribution in [1.29, 1.82) is 5.41 Å². The Bertz CT molecular complexity index is 67.1. The lowest BCUT2D eigenvalue weighted by Gasteiger charge is -1.69. The van der Waals surface area contributed by atoms with Crippen molar-refractivity contribution in [2.24, 2.45) is 11.5 Å². The number of hydrogen-bond donors (Lipinski definition) is 5. The van der Waals surface area contributed by atoms with Crippen LogP contribution in [0.5, 0.6) is 0 Å². The van der Waals surface area contributed by atoms with Gasteiger partial charge in [0.2, 0.25) is 0 Å². The SMILES string of the molecule is CCCO.CCCO.N=C(N)N. The first-order valence-corrected chi connectivity index (χ1v) is 3.87. The number of aliphatic hydroxyl groups excluding tert-OH is 2. The Morgan fingerprint density at radius 2 is 1.17 bits per heavy atom. The van der Waals surface area contributed by atoms with Crippen LogP contribution >= 0.6 is 0 Å². The van der Waals surface area contributed by atoms with Crippen molar-refractivity contribution < 1.29 is 10.2 Å². The van der Waals surface area contributed by atoms with E-state index >= 15 is 0 Å². The van der Waals surface area contributed by atoms with Crippen molar-refractivity contribution in [3.63, 3.8) is 0 Å². The van der Waals surface area contributed by atoms with Gasteiger partial charge in [0.1, 0.15) is 0 Å². The molecule has 0 heterocycles. The standard InChI is InChI=1S/2C3H8O.CH5N3/c2*1-2-3-4;2-1(3)4/h2*4H,2-3H2,1H3;(H5,2,3,4). The summed E-state index contributed by atoms with van der Waals surface area (Å²) in [5.41, 5.74) is 8.94. The predicted molar refractivity (Wildman–Crippen MR) is 50.9 cm³/mol. The maximum Gasteiger partial charge on any atom is 0.183 e. The molecule has 0 aliphatic carbocycles. The third-order valence-electron chi connectivity index (χ3n) is 0.447. The Labute approximate surface area is 73.9 Å². The molecule has 0 aliphatic rings. The molecular formula is C7H21N3O2. The first kappa shape index (κ1) is 17.3. The molecule has 0 spiro atoms. The average molecular weight is 179 g/mol. The highest BCUT2D eigenvalue weighted by atomic mass is 16.3. The summed E-state index contributed by atoms with van der Waals surface area (Å²) >= 11 is 0. The molecule has 0 unspecified atom stereocenters. The fourth-order valence-electron chi connectivity index (χ4n) is 0. The molecule has 0 atom stereocenters. The second kappa shape index (κ2) is 22.5. The van der Waals surface area contributed by atoms with E-state index in [9.17, 15) is 0 Å². The second-order valence-corrected chi connectivity index (χ2v) is 1.90. The summed E-state index contributed by atoms with van der Waals surface area (Å²) in [5.74, 6) is -0.333. The molecule has 0 rings (SSSR count). The highest BCUT2D eigenvalue weighted by Crippen LogP contribution is 1.61. The Kier molecular flexibility index (Phi) is 32.4. The highest BCUT2D eigenvalue weighted by Gasteiger charge is 1.57. The molecule has 0 amide bonds. The van der Waals surface area contributed by atoms with Crippen molar-refractivity contribution in [3.8, 4) is 0 Å². The van der Waals surface area contributed by atoms with E-state index in [0.29, 0.717) is 13.2 Å². The Morgan fingerprint density at radius 3 is 1.17 bits per heavy atom. The van der Waals surface area contributed by atoms with Crippen molar-refractivity contribution in [3.05, 3.63) is 0 Å². The van der Waals surface area contributed by atoms with E-state index in [1.807, 2.05) is 13.8 Å². The van der Waals surface area contributed by atoms with Gasteiger partial charge in [-0.05, 0) is 12.8 Å². The third kappa shape index (κ3) is 435. The third-order valence-corrected chi connectivity index (χ3v) is 0.447. The van der Waals surface area contributed by atoms with Crippen molar-refractivity contribution in [2.75, 3.05) is 13.2 Å². The normalized spacial score (nSPS) is 7.00. The smallest absolute Gasteiger partial charge is 0.183 e. The zero-order valence-electron chi connectivity index (χ0n) is 7.88. The molecule has 0 saturated carbocycles. The van der Waals surface area contributed by atoms with Gasteiger partial charge in [0.15, 0.2) is 5.96 Å². The van der Waals surface area contributed by atoms with Gasteiger partial charge in [0, 0.05) is 13.2 Å². The molecule has 0 aromatic carbocycles. The zero-order chi connectivity index (χ0) is 10.4. The minimum absolute atomic E-state index is 0.319. The summed E-state index contributed by atoms with van der Waals surface area (Å²) < 4.78 is 0. The highest BCUT2D eigenvalue weighted by molar-refractivity contribution is 5.71. The van der Waals surface area contributed by atoms with Crippen LogP contribution in [0.4, 0.5) is 0 Å². The predicted octanol–water partition coefficient (Wildman–Crippen LogP) is -0.384. The van der Waals surface area contributed by atoms with Gasteiger partial charge in [0.05, 0.1) is 0 Å². The van der Waals surface area contributed by atoms with Gasteiger partial charge in [-0.2, -0.15) is 0 Å². The maximum absolute atomic E-state index is 7.88. The lowest BCUT2D eigenvalue weighted by molar-refractivity contribution is 0.294. The van der Waals surface area contributed by atoms with Crippen LogP contribution < -0.4 is 11.5 Å². The van der Waals surface area contributed by atoms with Crippen LogP contribution in [0.15, 0.2) is 0 Å². The van der Waals surface area contributed by atoms with Gasteiger partial charge in [0.25, 0.3) is 0 Å². The molecule has 0 radical (unpaired) electrons. The first-order chi connectivity index (χ1) is 5.56. The van der Waals surface area contributed by atoms with Gasteiger partial charge in [-0.3, -0.25) is 5.41 Å². The monoisotopic (exact) mass is 179 g/mol. The second-order valence-electron chi connectivity index (χ2n) is 1.90. The van der Waals surface area contributed by atoms with Crippen LogP contribution in [-0.2, 0) is 0 Å². The molecule has 0 bridgehead atoms. The molecule has 0 fully saturated rings. The number of guanidine groups is 1. The molecule has 7 N–H and O–H groups in total. The summed E-state index contributed by atoms with van der Waals surface area (Å²) in [6.45, 7) is 4.50. The summed E-state index contributed by atoms with van der Waals surface area (Å²) in [6, 6.07) is 0. The summed E-state index contributed by atoms with van der Waals surface area (Å²) in [6.07, 6.45) is 1.75. The average Bonchev–Trinajstić information content (AvgIpc) is 2.03. The Balaban J connectivity index is -0.000000101. The van der Waals surface area contributed by atoms with Crippen LogP contribution in [0.25, 0.3) is 0 Å². The summed E-state index contributed by atoms with van der Waals surface area (Å²) in [7, 11) is 0. The number of rotatable bonds is 2. The van der Waals surface area contributed by atoms with Crippen molar-refractivity contribution in [2.45, 2.75) is 26.7 Å². The van der Waals surface area contributed by atoms with Crippen molar-refractivity contribution in [1.82, 2.24) is 0 Å². The lowest BCUT2D eigenvalue weighted by Crippen LogP contribution is -2.20. The van der Waals surface area contributed by atoms with Crippen LogP contribution in [0.2, 0.25) is 0 Å². The molecule has 0 saturated heterocycles. The van der Waals surface area contributed by atoms with Crippen LogP contribution in [0.3, 0.4) is 0 Å². The minimum Gasteiger partial charge on any atom is -0.396 e. The van der Waals surface area contributed by atoms with Crippen LogP contribution in [0, 0.1) is 5.41 Å². The summed E-state index contributed by atoms with van der Waals surface area (Å²) in [5, 5.41) is 21.8. The zero-order valence-corrected chi connectivity index (χ0v) is 7.88. The maximum atomic E-state index is 7.88. The van der Waals surface area contributed by atoms with Gasteiger partial charge in [-0.1, -0.05) is 13.8 Å². The molecule has 76 valence electrons. The number of hydrogen-bond acceptors (Lipinski definition) is 3. The van der Waals surface area contributed by atoms with E-state index in [1.165, 1.54) is 0 Å². The topological polar surface area (TPSA) is 116 Å². The van der Waals surface area contributed by atoms with Gasteiger partial charge >= 0.3 is 0 Å². The quantitative estimate of drug-likeness (QED) is 0.293. The van der Waals surface area contributed by atoms with E-state index in [-0.39, 0.29) is 5.96 Å². The van der Waals surface area contributed by atoms with Gasteiger partial charge < -0.3 is 21.7 Å². The van der Waals surface area contributed by atoms with E-state index < -0.39 is 0 Å². The fraction of sp³-hybridized carbons (Fsp3) is 0.857. The van der Waals surface area contributed by atoms with E-state index in [4.69, 9.17) is 15.6 Å². The van der Waals surface area contributed by atoms with Crippen molar-refractivity contribution >= 4 is 5.96 Å². The van der Waals surface area contributed by atoms with Gasteiger partial charge in [-0.15, -0.1) is 0 Å². The Hall–Kier alpha value is -0.810. The molecule has 0 aliphatic heterocycles. The number of aliphatic hydroxyl groups is 2. The molecule has 12 heavy (non-hydrogen) atoms. The molecule has 5 nitrogen and oxygen atoms in total. The van der Waals surface area contributed by atoms with E-state index in [0.717, 1.165) is 12.8 Å². The fourth-order valence-corrected chi connectivity index (χ4v) is 0. The van der Waals surface area contributed by atoms with E-state index in [2.05, 4.69) is 11.5 Å². The molecular weight excluding hydrogens is 158 g/mol. The Morgan fingerprint density at radius 1 is 1.08 bits per heavy atom. The van der Waals surface area contributed by atoms with Crippen LogP contribution in [0.1, 0.15) is 26.7 Å². The largest absolute Gasteiger partial charge is 0.396 e. The first-order valence-electron chi connectivity index (χ1n) is 3.87. The molecule has 0 aromatic rings. The molecule has 5 heteroatoms. The summed E-state index contributed by atoms with van der Waals surface area (Å²) in [4.78, 5) is 0. The number of nitrogens with one attached hydrogen (secondary N) is 1.